The maximum Gasteiger partial charge on any atom is 0.314 e. The van der Waals surface area contributed by atoms with Crippen molar-refractivity contribution in [1.82, 2.24) is 10.6 Å². The molecule has 0 heterocycles. The standard InChI is InChI=1S/C58H114N2O2/c1-6-11-13-15-16-17-18-19-20-21-22-23-24-25-26-28-40-50-57(61)51-41-29-27-34-42-52-59-58(62)60-53-43-49-56(10-5)48-39-33-32-38-47-55(9-4)46-37-31-30-36-45-54(8-3)44-35-14-12-7-2/h19-20,54-56H,6-18,21-53H2,1-5H3,(H2,59,60,62)/b20-19-. The van der Waals surface area contributed by atoms with E-state index in [0.717, 1.165) is 88.6 Å². The molecule has 0 aliphatic carbocycles. The predicted molar refractivity (Wildman–Crippen MR) is 278 cm³/mol. The van der Waals surface area contributed by atoms with Gasteiger partial charge in [-0.15, -0.1) is 0 Å². The third kappa shape index (κ3) is 45.3. The van der Waals surface area contributed by atoms with Crippen LogP contribution in [0, 0.1) is 17.8 Å². The Morgan fingerprint density at radius 2 is 0.629 bits per heavy atom. The van der Waals surface area contributed by atoms with Crippen LogP contribution < -0.4 is 10.6 Å². The van der Waals surface area contributed by atoms with E-state index in [4.69, 9.17) is 0 Å². The number of Topliss-reactive ketones (excluding diaryl/α,β-unsaturated/α-hetero) is 1. The molecular weight excluding hydrogens is 757 g/mol. The first-order chi connectivity index (χ1) is 30.5. The average Bonchev–Trinajstić information content (AvgIpc) is 3.28. The number of ketones is 1. The van der Waals surface area contributed by atoms with E-state index in [-0.39, 0.29) is 6.03 Å². The quantitative estimate of drug-likeness (QED) is 0.0473. The lowest BCUT2D eigenvalue weighted by Gasteiger charge is -2.17. The molecule has 3 atom stereocenters. The third-order valence-electron chi connectivity index (χ3n) is 14.4. The fraction of sp³-hybridized carbons (Fsp3) is 0.931. The second kappa shape index (κ2) is 50.7. The van der Waals surface area contributed by atoms with Gasteiger partial charge in [0.05, 0.1) is 0 Å². The van der Waals surface area contributed by atoms with Crippen LogP contribution in [0.3, 0.4) is 0 Å². The van der Waals surface area contributed by atoms with Crippen LogP contribution in [0.25, 0.3) is 0 Å². The topological polar surface area (TPSA) is 58.2 Å². The predicted octanol–water partition coefficient (Wildman–Crippen LogP) is 19.5. The molecule has 0 aliphatic heterocycles. The number of urea groups is 1. The monoisotopic (exact) mass is 871 g/mol. The van der Waals surface area contributed by atoms with Crippen LogP contribution in [-0.4, -0.2) is 24.9 Å². The van der Waals surface area contributed by atoms with E-state index in [1.807, 2.05) is 0 Å². The van der Waals surface area contributed by atoms with Crippen molar-refractivity contribution in [1.29, 1.82) is 0 Å². The molecule has 368 valence electrons. The molecule has 0 aromatic rings. The zero-order valence-corrected chi connectivity index (χ0v) is 43.2. The number of rotatable bonds is 51. The van der Waals surface area contributed by atoms with Gasteiger partial charge in [-0.1, -0.05) is 259 Å². The lowest BCUT2D eigenvalue weighted by atomic mass is 9.90. The molecule has 0 fully saturated rings. The number of unbranched alkanes of at least 4 members (excludes halogenated alkanes) is 26. The number of hydrogen-bond donors (Lipinski definition) is 2. The van der Waals surface area contributed by atoms with Gasteiger partial charge < -0.3 is 10.6 Å². The van der Waals surface area contributed by atoms with E-state index in [2.05, 4.69) is 57.4 Å². The Balaban J connectivity index is 3.58. The molecular formula is C58H114N2O2. The Hall–Kier alpha value is -1.32. The molecule has 0 aromatic carbocycles. The summed E-state index contributed by atoms with van der Waals surface area (Å²) >= 11 is 0. The second-order valence-corrected chi connectivity index (χ2v) is 20.1. The minimum atomic E-state index is -0.00980. The highest BCUT2D eigenvalue weighted by Gasteiger charge is 2.10. The summed E-state index contributed by atoms with van der Waals surface area (Å²) in [4.78, 5) is 24.6. The molecule has 0 spiro atoms. The molecule has 0 aliphatic rings. The minimum Gasteiger partial charge on any atom is -0.338 e. The number of amides is 2. The summed E-state index contributed by atoms with van der Waals surface area (Å²) in [5.41, 5.74) is 0. The van der Waals surface area contributed by atoms with Gasteiger partial charge in [-0.2, -0.15) is 0 Å². The Morgan fingerprint density at radius 3 is 1.02 bits per heavy atom. The molecule has 0 radical (unpaired) electrons. The van der Waals surface area contributed by atoms with Crippen molar-refractivity contribution in [3.05, 3.63) is 12.2 Å². The van der Waals surface area contributed by atoms with Crippen LogP contribution in [0.15, 0.2) is 12.2 Å². The fourth-order valence-corrected chi connectivity index (χ4v) is 9.66. The first kappa shape index (κ1) is 60.7. The number of carbonyl (C=O) groups excluding carboxylic acids is 2. The van der Waals surface area contributed by atoms with Crippen LogP contribution >= 0.6 is 0 Å². The van der Waals surface area contributed by atoms with E-state index < -0.39 is 0 Å². The molecule has 0 saturated carbocycles. The first-order valence-electron chi connectivity index (χ1n) is 28.7. The fourth-order valence-electron chi connectivity index (χ4n) is 9.66. The summed E-state index contributed by atoms with van der Waals surface area (Å²) in [5, 5.41) is 6.14. The van der Waals surface area contributed by atoms with Gasteiger partial charge in [0, 0.05) is 25.9 Å². The van der Waals surface area contributed by atoms with Crippen LogP contribution in [0.2, 0.25) is 0 Å². The molecule has 2 N–H and O–H groups in total. The summed E-state index contributed by atoms with van der Waals surface area (Å²) in [6.45, 7) is 13.3. The van der Waals surface area contributed by atoms with Gasteiger partial charge in [-0.05, 0) is 75.5 Å². The van der Waals surface area contributed by atoms with E-state index in [1.54, 1.807) is 0 Å². The number of nitrogens with one attached hydrogen (secondary N) is 2. The highest BCUT2D eigenvalue weighted by Crippen LogP contribution is 2.25. The van der Waals surface area contributed by atoms with Crippen LogP contribution in [-0.2, 0) is 4.79 Å². The number of hydrogen-bond acceptors (Lipinski definition) is 2. The van der Waals surface area contributed by atoms with Crippen molar-refractivity contribution in [2.75, 3.05) is 13.1 Å². The molecule has 0 bridgehead atoms. The van der Waals surface area contributed by atoms with Gasteiger partial charge in [0.1, 0.15) is 5.78 Å². The average molecular weight is 872 g/mol. The second-order valence-electron chi connectivity index (χ2n) is 20.1. The van der Waals surface area contributed by atoms with Crippen LogP contribution in [0.1, 0.15) is 317 Å². The van der Waals surface area contributed by atoms with Crippen molar-refractivity contribution in [3.8, 4) is 0 Å². The molecule has 2 amide bonds. The van der Waals surface area contributed by atoms with Gasteiger partial charge in [0.15, 0.2) is 0 Å². The van der Waals surface area contributed by atoms with Crippen LogP contribution in [0.5, 0.6) is 0 Å². The number of carbonyl (C=O) groups is 2. The van der Waals surface area contributed by atoms with Gasteiger partial charge in [-0.3, -0.25) is 4.79 Å². The van der Waals surface area contributed by atoms with Gasteiger partial charge in [-0.25, -0.2) is 4.79 Å². The largest absolute Gasteiger partial charge is 0.338 e. The molecule has 62 heavy (non-hydrogen) atoms. The highest BCUT2D eigenvalue weighted by atomic mass is 16.2. The van der Waals surface area contributed by atoms with Crippen molar-refractivity contribution in [2.45, 2.75) is 317 Å². The molecule has 0 saturated heterocycles. The normalized spacial score (nSPS) is 13.2. The highest BCUT2D eigenvalue weighted by molar-refractivity contribution is 5.78. The van der Waals surface area contributed by atoms with E-state index in [9.17, 15) is 9.59 Å². The van der Waals surface area contributed by atoms with Gasteiger partial charge in [0.2, 0.25) is 0 Å². The Labute approximate surface area is 390 Å². The molecule has 4 nitrogen and oxygen atoms in total. The van der Waals surface area contributed by atoms with Gasteiger partial charge in [0.25, 0.3) is 0 Å². The summed E-state index contributed by atoms with van der Waals surface area (Å²) in [6.07, 6.45) is 62.1. The maximum atomic E-state index is 12.3. The summed E-state index contributed by atoms with van der Waals surface area (Å²) in [7, 11) is 0. The molecule has 0 aromatic heterocycles. The van der Waals surface area contributed by atoms with E-state index in [1.165, 1.54) is 225 Å². The molecule has 3 unspecified atom stereocenters. The first-order valence-corrected chi connectivity index (χ1v) is 28.7. The maximum absolute atomic E-state index is 12.3. The van der Waals surface area contributed by atoms with E-state index >= 15 is 0 Å². The molecule has 4 heteroatoms. The third-order valence-corrected chi connectivity index (χ3v) is 14.4. The lowest BCUT2D eigenvalue weighted by molar-refractivity contribution is -0.119. The number of allylic oxidation sites excluding steroid dienone is 2. The van der Waals surface area contributed by atoms with Crippen LogP contribution in [0.4, 0.5) is 4.79 Å². The van der Waals surface area contributed by atoms with Crippen molar-refractivity contribution in [3.63, 3.8) is 0 Å². The SMILES string of the molecule is CCCCCCCC/C=C\CCCCCCCCCC(=O)CCCCCCCNC(=O)NCCCC(CC)CCCCCCC(CC)CCCCCCC(CC)CCCCCC. The zero-order chi connectivity index (χ0) is 45.2. The van der Waals surface area contributed by atoms with Crippen molar-refractivity contribution < 1.29 is 9.59 Å². The lowest BCUT2D eigenvalue weighted by Crippen LogP contribution is -2.36. The smallest absolute Gasteiger partial charge is 0.314 e. The van der Waals surface area contributed by atoms with E-state index in [0.29, 0.717) is 5.78 Å². The minimum absolute atomic E-state index is 0.00980. The zero-order valence-electron chi connectivity index (χ0n) is 43.2. The Kier molecular flexibility index (Phi) is 49.6. The summed E-state index contributed by atoms with van der Waals surface area (Å²) in [6, 6.07) is -0.00980. The van der Waals surface area contributed by atoms with Crippen molar-refractivity contribution >= 4 is 11.8 Å². The summed E-state index contributed by atoms with van der Waals surface area (Å²) in [5.74, 6) is 3.19. The summed E-state index contributed by atoms with van der Waals surface area (Å²) < 4.78 is 0. The van der Waals surface area contributed by atoms with Gasteiger partial charge >= 0.3 is 6.03 Å². The van der Waals surface area contributed by atoms with Crippen molar-refractivity contribution in [2.24, 2.45) is 17.8 Å². The Bertz CT molecular complexity index is 932. The Morgan fingerprint density at radius 1 is 0.339 bits per heavy atom. The molecule has 0 rings (SSSR count).